The highest BCUT2D eigenvalue weighted by Gasteiger charge is 2.06. The summed E-state index contributed by atoms with van der Waals surface area (Å²) in [6.45, 7) is 0.909. The molecule has 0 aliphatic heterocycles. The molecule has 0 aliphatic carbocycles. The third-order valence-electron chi connectivity index (χ3n) is 3.33. The van der Waals surface area contributed by atoms with Crippen LogP contribution >= 0.6 is 0 Å². The molecule has 0 unspecified atom stereocenters. The minimum atomic E-state index is -0.00721. The molecule has 0 fully saturated rings. The van der Waals surface area contributed by atoms with Crippen LogP contribution in [0.5, 0.6) is 0 Å². The third-order valence-corrected chi connectivity index (χ3v) is 3.33. The number of fused-ring (bicyclic) bond motifs is 1. The number of rotatable bonds is 5. The summed E-state index contributed by atoms with van der Waals surface area (Å²) in [6.07, 6.45) is 6.02. The quantitative estimate of drug-likeness (QED) is 0.775. The van der Waals surface area contributed by atoms with Crippen LogP contribution in [0.3, 0.4) is 0 Å². The van der Waals surface area contributed by atoms with Crippen molar-refractivity contribution in [2.75, 3.05) is 6.54 Å². The second-order valence-corrected chi connectivity index (χ2v) is 4.82. The van der Waals surface area contributed by atoms with Crippen molar-refractivity contribution in [2.45, 2.75) is 13.0 Å². The van der Waals surface area contributed by atoms with Crippen molar-refractivity contribution in [1.82, 2.24) is 19.9 Å². The zero-order chi connectivity index (χ0) is 14.5. The van der Waals surface area contributed by atoms with Gasteiger partial charge in [0.25, 0.3) is 0 Å². The molecule has 0 aliphatic rings. The number of hydrogen-bond donors (Lipinski definition) is 1. The SMILES string of the molecule is O=C(Cn1cnc2ccccc21)NCCc1ccncc1. The normalized spacial score (nSPS) is 10.7. The van der Waals surface area contributed by atoms with Crippen LogP contribution in [0.15, 0.2) is 55.1 Å². The third kappa shape index (κ3) is 3.25. The monoisotopic (exact) mass is 280 g/mol. The molecule has 21 heavy (non-hydrogen) atoms. The maximum Gasteiger partial charge on any atom is 0.240 e. The highest BCUT2D eigenvalue weighted by atomic mass is 16.1. The van der Waals surface area contributed by atoms with Gasteiger partial charge >= 0.3 is 0 Å². The zero-order valence-corrected chi connectivity index (χ0v) is 11.6. The van der Waals surface area contributed by atoms with Crippen LogP contribution in [0.25, 0.3) is 11.0 Å². The van der Waals surface area contributed by atoms with E-state index in [0.717, 1.165) is 17.5 Å². The molecule has 2 heterocycles. The number of carbonyl (C=O) groups is 1. The van der Waals surface area contributed by atoms with Crippen LogP contribution in [0.2, 0.25) is 0 Å². The van der Waals surface area contributed by atoms with Crippen molar-refractivity contribution in [3.05, 3.63) is 60.7 Å². The van der Waals surface area contributed by atoms with Crippen LogP contribution < -0.4 is 5.32 Å². The van der Waals surface area contributed by atoms with Crippen molar-refractivity contribution in [3.8, 4) is 0 Å². The van der Waals surface area contributed by atoms with Gasteiger partial charge in [0, 0.05) is 18.9 Å². The predicted molar refractivity (Wildman–Crippen MR) is 80.7 cm³/mol. The fourth-order valence-corrected chi connectivity index (χ4v) is 2.24. The molecular formula is C16H16N4O. The molecule has 0 saturated heterocycles. The number of benzene rings is 1. The van der Waals surface area contributed by atoms with E-state index in [4.69, 9.17) is 0 Å². The van der Waals surface area contributed by atoms with Gasteiger partial charge in [-0.2, -0.15) is 0 Å². The largest absolute Gasteiger partial charge is 0.354 e. The molecule has 0 radical (unpaired) electrons. The number of carbonyl (C=O) groups excluding carboxylic acids is 1. The Morgan fingerprint density at radius 2 is 1.95 bits per heavy atom. The minimum absolute atomic E-state index is 0.00721. The molecule has 1 aromatic carbocycles. The summed E-state index contributed by atoms with van der Waals surface area (Å²) in [4.78, 5) is 20.2. The molecule has 0 atom stereocenters. The first-order valence-electron chi connectivity index (χ1n) is 6.88. The van der Waals surface area contributed by atoms with Gasteiger partial charge in [-0.25, -0.2) is 4.98 Å². The van der Waals surface area contributed by atoms with Crippen LogP contribution in [0.1, 0.15) is 5.56 Å². The summed E-state index contributed by atoms with van der Waals surface area (Å²) >= 11 is 0. The van der Waals surface area contributed by atoms with Gasteiger partial charge in [-0.3, -0.25) is 9.78 Å². The molecule has 1 N–H and O–H groups in total. The first-order chi connectivity index (χ1) is 10.3. The summed E-state index contributed by atoms with van der Waals surface area (Å²) < 4.78 is 1.86. The molecule has 3 rings (SSSR count). The molecule has 0 bridgehead atoms. The smallest absolute Gasteiger partial charge is 0.240 e. The second kappa shape index (κ2) is 6.17. The lowest BCUT2D eigenvalue weighted by atomic mass is 10.2. The first kappa shape index (κ1) is 13.3. The molecule has 5 heteroatoms. The zero-order valence-electron chi connectivity index (χ0n) is 11.6. The summed E-state index contributed by atoms with van der Waals surface area (Å²) in [5.74, 6) is -0.00721. The van der Waals surface area contributed by atoms with Crippen LogP contribution in [0.4, 0.5) is 0 Å². The molecule has 0 saturated carbocycles. The van der Waals surface area contributed by atoms with E-state index in [9.17, 15) is 4.79 Å². The lowest BCUT2D eigenvalue weighted by Gasteiger charge is -2.06. The van der Waals surface area contributed by atoms with Crippen LogP contribution in [-0.4, -0.2) is 27.0 Å². The van der Waals surface area contributed by atoms with Gasteiger partial charge < -0.3 is 9.88 Å². The molecular weight excluding hydrogens is 264 g/mol. The predicted octanol–water partition coefficient (Wildman–Crippen LogP) is 1.79. The summed E-state index contributed by atoms with van der Waals surface area (Å²) in [5.41, 5.74) is 3.04. The van der Waals surface area contributed by atoms with Gasteiger partial charge in [-0.05, 0) is 36.2 Å². The van der Waals surface area contributed by atoms with Gasteiger partial charge in [0.05, 0.1) is 17.4 Å². The lowest BCUT2D eigenvalue weighted by Crippen LogP contribution is -2.29. The number of pyridine rings is 1. The highest BCUT2D eigenvalue weighted by Crippen LogP contribution is 2.11. The van der Waals surface area contributed by atoms with Gasteiger partial charge in [-0.1, -0.05) is 12.1 Å². The average molecular weight is 280 g/mol. The van der Waals surface area contributed by atoms with Crippen molar-refractivity contribution < 1.29 is 4.79 Å². The summed E-state index contributed by atoms with van der Waals surface area (Å²) in [7, 11) is 0. The number of hydrogen-bond acceptors (Lipinski definition) is 3. The standard InChI is InChI=1S/C16H16N4O/c21-16(18-10-7-13-5-8-17-9-6-13)11-20-12-19-14-3-1-2-4-15(14)20/h1-6,8-9,12H,7,10-11H2,(H,18,21). The molecule has 1 amide bonds. The maximum absolute atomic E-state index is 12.0. The van der Waals surface area contributed by atoms with Crippen LogP contribution in [0, 0.1) is 0 Å². The minimum Gasteiger partial charge on any atom is -0.354 e. The average Bonchev–Trinajstić information content (AvgIpc) is 2.92. The van der Waals surface area contributed by atoms with E-state index in [1.165, 1.54) is 5.56 Å². The van der Waals surface area contributed by atoms with E-state index in [1.54, 1.807) is 18.7 Å². The van der Waals surface area contributed by atoms with Gasteiger partial charge in [0.1, 0.15) is 6.54 Å². The van der Waals surface area contributed by atoms with Crippen molar-refractivity contribution in [1.29, 1.82) is 0 Å². The highest BCUT2D eigenvalue weighted by molar-refractivity contribution is 5.80. The molecule has 5 nitrogen and oxygen atoms in total. The second-order valence-electron chi connectivity index (χ2n) is 4.82. The van der Waals surface area contributed by atoms with Crippen molar-refractivity contribution in [2.24, 2.45) is 0 Å². The van der Waals surface area contributed by atoms with Crippen molar-refractivity contribution in [3.63, 3.8) is 0 Å². The Kier molecular flexibility index (Phi) is 3.91. The topological polar surface area (TPSA) is 59.8 Å². The van der Waals surface area contributed by atoms with E-state index in [1.807, 2.05) is 41.0 Å². The number of amides is 1. The number of aromatic nitrogens is 3. The van der Waals surface area contributed by atoms with Gasteiger partial charge in [-0.15, -0.1) is 0 Å². The van der Waals surface area contributed by atoms with Crippen molar-refractivity contribution >= 4 is 16.9 Å². The van der Waals surface area contributed by atoms with E-state index in [0.29, 0.717) is 6.54 Å². The van der Waals surface area contributed by atoms with Gasteiger partial charge in [0.2, 0.25) is 5.91 Å². The molecule has 2 aromatic heterocycles. The summed E-state index contributed by atoms with van der Waals surface area (Å²) in [6, 6.07) is 11.7. The Balaban J connectivity index is 1.55. The van der Waals surface area contributed by atoms with E-state index in [2.05, 4.69) is 15.3 Å². The van der Waals surface area contributed by atoms with E-state index < -0.39 is 0 Å². The number of para-hydroxylation sites is 2. The first-order valence-corrected chi connectivity index (χ1v) is 6.88. The molecule has 0 spiro atoms. The van der Waals surface area contributed by atoms with E-state index >= 15 is 0 Å². The lowest BCUT2D eigenvalue weighted by molar-refractivity contribution is -0.121. The fraction of sp³-hybridized carbons (Fsp3) is 0.188. The molecule has 3 aromatic rings. The molecule has 106 valence electrons. The number of nitrogens with zero attached hydrogens (tertiary/aromatic N) is 3. The Morgan fingerprint density at radius 1 is 1.14 bits per heavy atom. The maximum atomic E-state index is 12.0. The van der Waals surface area contributed by atoms with Gasteiger partial charge in [0.15, 0.2) is 0 Å². The fourth-order valence-electron chi connectivity index (χ4n) is 2.24. The van der Waals surface area contributed by atoms with Crippen LogP contribution in [-0.2, 0) is 17.8 Å². The number of imidazole rings is 1. The Hall–Kier alpha value is -2.69. The Labute approximate surface area is 122 Å². The van der Waals surface area contributed by atoms with E-state index in [-0.39, 0.29) is 12.5 Å². The Morgan fingerprint density at radius 3 is 2.81 bits per heavy atom. The Bertz CT molecular complexity index is 736. The summed E-state index contributed by atoms with van der Waals surface area (Å²) in [5, 5.41) is 2.93. The number of nitrogens with one attached hydrogen (secondary N) is 1.